The van der Waals surface area contributed by atoms with Gasteiger partial charge in [-0.15, -0.1) is 0 Å². The third-order valence-corrected chi connectivity index (χ3v) is 7.06. The molecular formula is C24H25ClN2O4S. The van der Waals surface area contributed by atoms with Crippen molar-refractivity contribution in [2.45, 2.75) is 18.0 Å². The summed E-state index contributed by atoms with van der Waals surface area (Å²) in [4.78, 5) is 14.5. The van der Waals surface area contributed by atoms with Crippen LogP contribution in [0.5, 0.6) is 5.75 Å². The van der Waals surface area contributed by atoms with Gasteiger partial charge in [-0.25, -0.2) is 8.42 Å². The molecule has 0 aliphatic heterocycles. The Bertz CT molecular complexity index is 1200. The summed E-state index contributed by atoms with van der Waals surface area (Å²) in [6.45, 7) is 0.528. The third kappa shape index (κ3) is 5.48. The van der Waals surface area contributed by atoms with E-state index in [2.05, 4.69) is 0 Å². The van der Waals surface area contributed by atoms with Crippen LogP contribution in [0.25, 0.3) is 0 Å². The second-order valence-corrected chi connectivity index (χ2v) is 9.85. The lowest BCUT2D eigenvalue weighted by Gasteiger charge is -2.21. The molecule has 168 valence electrons. The van der Waals surface area contributed by atoms with Gasteiger partial charge in [-0.2, -0.15) is 4.31 Å². The highest BCUT2D eigenvalue weighted by Crippen LogP contribution is 2.29. The molecule has 0 N–H and O–H groups in total. The zero-order chi connectivity index (χ0) is 23.3. The molecule has 0 aliphatic carbocycles. The number of nitrogens with zero attached hydrogens (tertiary/aromatic N) is 2. The van der Waals surface area contributed by atoms with Crippen molar-refractivity contribution in [3.63, 3.8) is 0 Å². The largest absolute Gasteiger partial charge is 0.495 e. The van der Waals surface area contributed by atoms with Crippen LogP contribution in [0.4, 0.5) is 0 Å². The van der Waals surface area contributed by atoms with E-state index in [4.69, 9.17) is 16.3 Å². The number of sulfonamides is 1. The van der Waals surface area contributed by atoms with Crippen molar-refractivity contribution in [2.75, 3.05) is 21.2 Å². The fourth-order valence-corrected chi connectivity index (χ4v) is 4.86. The molecule has 8 heteroatoms. The lowest BCUT2D eigenvalue weighted by atomic mass is 10.1. The van der Waals surface area contributed by atoms with Gasteiger partial charge in [0.1, 0.15) is 10.6 Å². The van der Waals surface area contributed by atoms with E-state index in [0.29, 0.717) is 11.6 Å². The Morgan fingerprint density at radius 2 is 1.59 bits per heavy atom. The smallest absolute Gasteiger partial charge is 0.253 e. The fraction of sp³-hybridized carbons (Fsp3) is 0.208. The Morgan fingerprint density at radius 3 is 2.25 bits per heavy atom. The first-order chi connectivity index (χ1) is 15.2. The van der Waals surface area contributed by atoms with Crippen molar-refractivity contribution in [3.05, 3.63) is 94.5 Å². The van der Waals surface area contributed by atoms with E-state index >= 15 is 0 Å². The molecule has 0 bridgehead atoms. The molecule has 1 amide bonds. The maximum Gasteiger partial charge on any atom is 0.253 e. The molecule has 0 saturated heterocycles. The number of amides is 1. The van der Waals surface area contributed by atoms with E-state index in [9.17, 15) is 13.2 Å². The second kappa shape index (κ2) is 10.2. The summed E-state index contributed by atoms with van der Waals surface area (Å²) in [7, 11) is 0.653. The van der Waals surface area contributed by atoms with E-state index in [0.717, 1.165) is 11.1 Å². The van der Waals surface area contributed by atoms with Gasteiger partial charge in [-0.1, -0.05) is 54.1 Å². The quantitative estimate of drug-likeness (QED) is 0.486. The van der Waals surface area contributed by atoms with Crippen LogP contribution in [-0.4, -0.2) is 44.7 Å². The topological polar surface area (TPSA) is 66.9 Å². The summed E-state index contributed by atoms with van der Waals surface area (Å²) >= 11 is 6.03. The molecule has 0 radical (unpaired) electrons. The molecule has 0 fully saturated rings. The van der Waals surface area contributed by atoms with Crippen molar-refractivity contribution in [3.8, 4) is 5.75 Å². The Labute approximate surface area is 194 Å². The molecule has 0 aromatic heterocycles. The molecule has 0 unspecified atom stereocenters. The molecule has 0 heterocycles. The molecular weight excluding hydrogens is 448 g/mol. The summed E-state index contributed by atoms with van der Waals surface area (Å²) < 4.78 is 33.1. The van der Waals surface area contributed by atoms with Gasteiger partial charge in [0.2, 0.25) is 10.0 Å². The first kappa shape index (κ1) is 23.8. The molecule has 32 heavy (non-hydrogen) atoms. The monoisotopic (exact) mass is 472 g/mol. The van der Waals surface area contributed by atoms with Gasteiger partial charge in [0, 0.05) is 37.8 Å². The fourth-order valence-electron chi connectivity index (χ4n) is 3.31. The van der Waals surface area contributed by atoms with Gasteiger partial charge in [-0.05, 0) is 41.5 Å². The first-order valence-electron chi connectivity index (χ1n) is 9.90. The van der Waals surface area contributed by atoms with E-state index in [1.807, 2.05) is 42.5 Å². The minimum atomic E-state index is -3.91. The predicted molar refractivity (Wildman–Crippen MR) is 125 cm³/mol. The molecule has 0 atom stereocenters. The van der Waals surface area contributed by atoms with Crippen LogP contribution < -0.4 is 4.74 Å². The minimum Gasteiger partial charge on any atom is -0.495 e. The lowest BCUT2D eigenvalue weighted by molar-refractivity contribution is 0.0785. The van der Waals surface area contributed by atoms with Crippen molar-refractivity contribution < 1.29 is 17.9 Å². The van der Waals surface area contributed by atoms with Crippen molar-refractivity contribution in [2.24, 2.45) is 0 Å². The third-order valence-electron chi connectivity index (χ3n) is 5.00. The zero-order valence-electron chi connectivity index (χ0n) is 18.2. The van der Waals surface area contributed by atoms with Gasteiger partial charge >= 0.3 is 0 Å². The van der Waals surface area contributed by atoms with E-state index in [1.54, 1.807) is 25.2 Å². The van der Waals surface area contributed by atoms with Crippen molar-refractivity contribution in [1.82, 2.24) is 9.21 Å². The average Bonchev–Trinajstić information content (AvgIpc) is 2.78. The average molecular weight is 473 g/mol. The SMILES string of the molecule is COc1ccc(C(=O)N(C)Cc2cccc(Cl)c2)cc1S(=O)(=O)N(C)Cc1ccccc1. The molecule has 0 saturated carbocycles. The maximum atomic E-state index is 13.3. The number of carbonyl (C=O) groups is 1. The number of halogens is 1. The molecule has 3 aromatic carbocycles. The summed E-state index contributed by atoms with van der Waals surface area (Å²) in [5.74, 6) is -0.131. The summed E-state index contributed by atoms with van der Waals surface area (Å²) in [5.41, 5.74) is 1.98. The Balaban J connectivity index is 1.87. The Kier molecular flexibility index (Phi) is 7.56. The van der Waals surface area contributed by atoms with Crippen LogP contribution >= 0.6 is 11.6 Å². The molecule has 6 nitrogen and oxygen atoms in total. The van der Waals surface area contributed by atoms with E-state index < -0.39 is 10.0 Å². The van der Waals surface area contributed by atoms with Crippen molar-refractivity contribution in [1.29, 1.82) is 0 Å². The Morgan fingerprint density at radius 1 is 0.906 bits per heavy atom. The number of hydrogen-bond acceptors (Lipinski definition) is 4. The van der Waals surface area contributed by atoms with Crippen LogP contribution in [0.1, 0.15) is 21.5 Å². The van der Waals surface area contributed by atoms with Gasteiger partial charge in [-0.3, -0.25) is 4.79 Å². The molecule has 0 spiro atoms. The molecule has 3 rings (SSSR count). The van der Waals surface area contributed by atoms with E-state index in [1.165, 1.54) is 35.5 Å². The first-order valence-corrected chi connectivity index (χ1v) is 11.7. The minimum absolute atomic E-state index is 0.0552. The normalized spacial score (nSPS) is 11.4. The van der Waals surface area contributed by atoms with Crippen LogP contribution in [-0.2, 0) is 23.1 Å². The zero-order valence-corrected chi connectivity index (χ0v) is 19.7. The summed E-state index contributed by atoms with van der Waals surface area (Å²) in [6, 6.07) is 21.0. The highest BCUT2D eigenvalue weighted by molar-refractivity contribution is 7.89. The molecule has 0 aliphatic rings. The van der Waals surface area contributed by atoms with Gasteiger partial charge in [0.25, 0.3) is 5.91 Å². The number of hydrogen-bond donors (Lipinski definition) is 0. The molecule has 3 aromatic rings. The second-order valence-electron chi connectivity index (χ2n) is 7.40. The van der Waals surface area contributed by atoms with Gasteiger partial charge < -0.3 is 9.64 Å². The Hall–Kier alpha value is -2.87. The number of ether oxygens (including phenoxy) is 1. The lowest BCUT2D eigenvalue weighted by Crippen LogP contribution is -2.28. The van der Waals surface area contributed by atoms with Crippen LogP contribution in [0.3, 0.4) is 0 Å². The number of methoxy groups -OCH3 is 1. The standard InChI is InChI=1S/C24H25ClN2O4S/c1-26(16-19-10-7-11-21(25)14-19)24(28)20-12-13-22(31-3)23(15-20)32(29,30)27(2)17-18-8-5-4-6-9-18/h4-15H,16-17H2,1-3H3. The van der Waals surface area contributed by atoms with Crippen molar-refractivity contribution >= 4 is 27.5 Å². The number of benzene rings is 3. The summed E-state index contributed by atoms with van der Waals surface area (Å²) in [6.07, 6.45) is 0. The predicted octanol–water partition coefficient (Wildman–Crippen LogP) is 4.44. The van der Waals surface area contributed by atoms with Gasteiger partial charge in [0.15, 0.2) is 0 Å². The highest BCUT2D eigenvalue weighted by atomic mass is 35.5. The van der Waals surface area contributed by atoms with E-state index in [-0.39, 0.29) is 28.7 Å². The summed E-state index contributed by atoms with van der Waals surface area (Å²) in [5, 5.41) is 0.586. The van der Waals surface area contributed by atoms with Gasteiger partial charge in [0.05, 0.1) is 7.11 Å². The maximum absolute atomic E-state index is 13.3. The number of rotatable bonds is 8. The number of carbonyl (C=O) groups excluding carboxylic acids is 1. The van der Waals surface area contributed by atoms with Crippen LogP contribution in [0.15, 0.2) is 77.7 Å². The van der Waals surface area contributed by atoms with Crippen LogP contribution in [0, 0.1) is 0 Å². The highest BCUT2D eigenvalue weighted by Gasteiger charge is 2.27. The van der Waals surface area contributed by atoms with Crippen LogP contribution in [0.2, 0.25) is 5.02 Å².